The van der Waals surface area contributed by atoms with Crippen LogP contribution in [0.4, 0.5) is 10.1 Å². The Morgan fingerprint density at radius 2 is 2.11 bits per heavy atom. The molecular formula is C11H9Br2FN4O. The topological polar surface area (TPSA) is 69.1 Å². The minimum atomic E-state index is -0.389. The molecule has 0 spiro atoms. The number of anilines is 1. The van der Waals surface area contributed by atoms with Gasteiger partial charge in [0.05, 0.1) is 5.69 Å². The Morgan fingerprint density at radius 1 is 1.47 bits per heavy atom. The SMILES string of the molecule is [N-]=[N+]=NCC1CC(=O)N(c2c(Br)cc(F)cc2Br)C1. The lowest BCUT2D eigenvalue weighted by Crippen LogP contribution is -2.25. The van der Waals surface area contributed by atoms with Crippen LogP contribution in [0.5, 0.6) is 0 Å². The lowest BCUT2D eigenvalue weighted by atomic mass is 10.1. The van der Waals surface area contributed by atoms with Crippen molar-refractivity contribution in [3.63, 3.8) is 0 Å². The van der Waals surface area contributed by atoms with E-state index in [9.17, 15) is 9.18 Å². The molecule has 0 aliphatic carbocycles. The van der Waals surface area contributed by atoms with E-state index in [2.05, 4.69) is 41.9 Å². The molecule has 1 saturated heterocycles. The summed E-state index contributed by atoms with van der Waals surface area (Å²) in [6, 6.07) is 2.63. The highest BCUT2D eigenvalue weighted by atomic mass is 79.9. The van der Waals surface area contributed by atoms with Gasteiger partial charge >= 0.3 is 0 Å². The van der Waals surface area contributed by atoms with Crippen LogP contribution >= 0.6 is 31.9 Å². The minimum absolute atomic E-state index is 0.00717. The second-order valence-electron chi connectivity index (χ2n) is 4.21. The van der Waals surface area contributed by atoms with Crippen LogP contribution in [-0.4, -0.2) is 19.0 Å². The van der Waals surface area contributed by atoms with Gasteiger partial charge in [0.15, 0.2) is 0 Å². The summed E-state index contributed by atoms with van der Waals surface area (Å²) in [6.45, 7) is 0.746. The van der Waals surface area contributed by atoms with Gasteiger partial charge in [-0.3, -0.25) is 4.79 Å². The van der Waals surface area contributed by atoms with Crippen LogP contribution in [0.25, 0.3) is 10.4 Å². The van der Waals surface area contributed by atoms with E-state index in [1.54, 1.807) is 4.90 Å². The summed E-state index contributed by atoms with van der Waals surface area (Å²) in [5.41, 5.74) is 8.90. The average molecular weight is 392 g/mol. The van der Waals surface area contributed by atoms with E-state index in [0.717, 1.165) is 0 Å². The maximum atomic E-state index is 13.2. The predicted molar refractivity (Wildman–Crippen MR) is 76.3 cm³/mol. The fourth-order valence-electron chi connectivity index (χ4n) is 2.06. The fraction of sp³-hybridized carbons (Fsp3) is 0.364. The molecule has 2 rings (SSSR count). The monoisotopic (exact) mass is 390 g/mol. The van der Waals surface area contributed by atoms with E-state index in [-0.39, 0.29) is 24.2 Å². The average Bonchev–Trinajstić information content (AvgIpc) is 2.67. The molecule has 1 aliphatic rings. The highest BCUT2D eigenvalue weighted by Crippen LogP contribution is 2.38. The maximum Gasteiger partial charge on any atom is 0.227 e. The summed E-state index contributed by atoms with van der Waals surface area (Å²) < 4.78 is 14.2. The van der Waals surface area contributed by atoms with Crippen LogP contribution in [-0.2, 0) is 4.79 Å². The third-order valence-corrected chi connectivity index (χ3v) is 4.07. The molecular weight excluding hydrogens is 383 g/mol. The molecule has 8 heteroatoms. The van der Waals surface area contributed by atoms with E-state index < -0.39 is 0 Å². The van der Waals surface area contributed by atoms with Crippen molar-refractivity contribution >= 4 is 43.5 Å². The quantitative estimate of drug-likeness (QED) is 0.436. The molecule has 0 aromatic heterocycles. The van der Waals surface area contributed by atoms with Crippen LogP contribution < -0.4 is 4.90 Å². The van der Waals surface area contributed by atoms with Crippen LogP contribution in [0.2, 0.25) is 0 Å². The number of nitrogens with zero attached hydrogens (tertiary/aromatic N) is 4. The molecule has 0 N–H and O–H groups in total. The number of rotatable bonds is 3. The second kappa shape index (κ2) is 5.90. The Bertz CT molecular complexity index is 551. The minimum Gasteiger partial charge on any atom is -0.310 e. The van der Waals surface area contributed by atoms with Gasteiger partial charge in [-0.2, -0.15) is 0 Å². The van der Waals surface area contributed by atoms with Gasteiger partial charge in [0.1, 0.15) is 5.82 Å². The molecule has 100 valence electrons. The standard InChI is InChI=1S/C11H9Br2FN4O/c12-8-2-7(14)3-9(13)11(8)18-5-6(1-10(18)19)4-16-17-15/h2-3,6H,1,4-5H2. The van der Waals surface area contributed by atoms with Crippen LogP contribution in [0.3, 0.4) is 0 Å². The lowest BCUT2D eigenvalue weighted by Gasteiger charge is -2.20. The molecule has 1 atom stereocenters. The Labute approximate surface area is 125 Å². The zero-order valence-corrected chi connectivity index (χ0v) is 12.9. The highest BCUT2D eigenvalue weighted by Gasteiger charge is 2.32. The van der Waals surface area contributed by atoms with Crippen molar-refractivity contribution in [1.82, 2.24) is 0 Å². The molecule has 1 unspecified atom stereocenters. The molecule has 1 aromatic carbocycles. The van der Waals surface area contributed by atoms with E-state index in [0.29, 0.717) is 27.6 Å². The number of amides is 1. The summed E-state index contributed by atoms with van der Waals surface area (Å²) in [4.78, 5) is 16.3. The van der Waals surface area contributed by atoms with Crippen molar-refractivity contribution in [2.24, 2.45) is 11.0 Å². The fourth-order valence-corrected chi connectivity index (χ4v) is 3.62. The summed E-state index contributed by atoms with van der Waals surface area (Å²) in [7, 11) is 0. The molecule has 1 amide bonds. The van der Waals surface area contributed by atoms with Gasteiger partial charge in [-0.05, 0) is 55.4 Å². The molecule has 1 heterocycles. The number of carbonyl (C=O) groups excluding carboxylic acids is 1. The second-order valence-corrected chi connectivity index (χ2v) is 5.91. The third-order valence-electron chi connectivity index (χ3n) is 2.86. The van der Waals surface area contributed by atoms with Gasteiger partial charge in [0, 0.05) is 33.4 Å². The molecule has 0 radical (unpaired) electrons. The smallest absolute Gasteiger partial charge is 0.227 e. The van der Waals surface area contributed by atoms with Gasteiger partial charge in [0.2, 0.25) is 5.91 Å². The number of hydrogen-bond donors (Lipinski definition) is 0. The zero-order chi connectivity index (χ0) is 14.0. The lowest BCUT2D eigenvalue weighted by molar-refractivity contribution is -0.117. The van der Waals surface area contributed by atoms with Crippen molar-refractivity contribution in [1.29, 1.82) is 0 Å². The molecule has 1 aliphatic heterocycles. The van der Waals surface area contributed by atoms with Crippen molar-refractivity contribution in [2.75, 3.05) is 18.0 Å². The Morgan fingerprint density at radius 3 is 2.68 bits per heavy atom. The summed E-state index contributed by atoms with van der Waals surface area (Å²) in [5.74, 6) is -0.460. The molecule has 0 saturated carbocycles. The summed E-state index contributed by atoms with van der Waals surface area (Å²) in [5, 5.41) is 3.49. The first kappa shape index (κ1) is 14.3. The van der Waals surface area contributed by atoms with Gasteiger partial charge in [-0.25, -0.2) is 4.39 Å². The van der Waals surface area contributed by atoms with E-state index in [1.165, 1.54) is 12.1 Å². The number of azide groups is 1. The first-order valence-electron chi connectivity index (χ1n) is 5.48. The van der Waals surface area contributed by atoms with Gasteiger partial charge in [0.25, 0.3) is 0 Å². The first-order chi connectivity index (χ1) is 9.02. The van der Waals surface area contributed by atoms with Gasteiger partial charge in [-0.15, -0.1) is 0 Å². The molecule has 1 aromatic rings. The van der Waals surface area contributed by atoms with Crippen molar-refractivity contribution < 1.29 is 9.18 Å². The van der Waals surface area contributed by atoms with E-state index in [1.807, 2.05) is 0 Å². The van der Waals surface area contributed by atoms with Crippen LogP contribution in [0, 0.1) is 11.7 Å². The molecule has 0 bridgehead atoms. The number of halogens is 3. The van der Waals surface area contributed by atoms with E-state index >= 15 is 0 Å². The molecule has 5 nitrogen and oxygen atoms in total. The number of carbonyl (C=O) groups is 1. The number of hydrogen-bond acceptors (Lipinski definition) is 2. The Hall–Kier alpha value is -1.11. The largest absolute Gasteiger partial charge is 0.310 e. The van der Waals surface area contributed by atoms with Gasteiger partial charge in [-0.1, -0.05) is 5.11 Å². The summed E-state index contributed by atoms with van der Waals surface area (Å²) >= 11 is 6.52. The summed E-state index contributed by atoms with van der Waals surface area (Å²) in [6.07, 6.45) is 0.329. The first-order valence-corrected chi connectivity index (χ1v) is 7.07. The normalized spacial score (nSPS) is 18.6. The highest BCUT2D eigenvalue weighted by molar-refractivity contribution is 9.11. The van der Waals surface area contributed by atoms with E-state index in [4.69, 9.17) is 5.53 Å². The van der Waals surface area contributed by atoms with Crippen LogP contribution in [0.1, 0.15) is 6.42 Å². The van der Waals surface area contributed by atoms with Crippen molar-refractivity contribution in [3.05, 3.63) is 37.3 Å². The molecule has 1 fully saturated rings. The van der Waals surface area contributed by atoms with Gasteiger partial charge < -0.3 is 4.90 Å². The zero-order valence-electron chi connectivity index (χ0n) is 9.68. The van der Waals surface area contributed by atoms with Crippen LogP contribution in [0.15, 0.2) is 26.2 Å². The predicted octanol–water partition coefficient (Wildman–Crippen LogP) is 4.01. The maximum absolute atomic E-state index is 13.2. The molecule has 19 heavy (non-hydrogen) atoms. The third kappa shape index (κ3) is 3.08. The Kier molecular flexibility index (Phi) is 4.44. The van der Waals surface area contributed by atoms with Crippen molar-refractivity contribution in [2.45, 2.75) is 6.42 Å². The van der Waals surface area contributed by atoms with Crippen molar-refractivity contribution in [3.8, 4) is 0 Å². The number of benzene rings is 1. The Balaban J connectivity index is 2.28.